The maximum absolute atomic E-state index is 4.52. The lowest BCUT2D eigenvalue weighted by Crippen LogP contribution is -2.12. The average molecular weight is 391 g/mol. The molecular weight excluding hydrogens is 375 g/mol. The normalized spacial score (nSPS) is 11.0. The van der Waals surface area contributed by atoms with Gasteiger partial charge in [0.25, 0.3) is 0 Å². The van der Waals surface area contributed by atoms with Gasteiger partial charge in [-0.25, -0.2) is 4.98 Å². The number of anilines is 3. The molecule has 0 aliphatic carbocycles. The molecule has 8 heteroatoms. The summed E-state index contributed by atoms with van der Waals surface area (Å²) < 4.78 is 0.804. The van der Waals surface area contributed by atoms with Gasteiger partial charge in [-0.1, -0.05) is 7.92 Å². The number of nitrogens with one attached hydrogen (secondary N) is 2. The van der Waals surface area contributed by atoms with Gasteiger partial charge in [-0.2, -0.15) is 4.98 Å². The molecule has 0 radical (unpaired) electrons. The summed E-state index contributed by atoms with van der Waals surface area (Å²) in [5.74, 6) is 1.28. The Bertz CT molecular complexity index is 854. The maximum Gasteiger partial charge on any atom is 0.224 e. The molecule has 0 amide bonds. The molecule has 6 nitrogen and oxygen atoms in total. The van der Waals surface area contributed by atoms with Crippen LogP contribution in [0.15, 0.2) is 35.2 Å². The third-order valence-electron chi connectivity index (χ3n) is 3.28. The highest BCUT2D eigenvalue weighted by Gasteiger charge is 2.14. The van der Waals surface area contributed by atoms with Gasteiger partial charge in [0.2, 0.25) is 5.95 Å². The summed E-state index contributed by atoms with van der Waals surface area (Å²) in [5.41, 5.74) is 2.84. The zero-order valence-corrected chi connectivity index (χ0v) is 15.5. The Morgan fingerprint density at radius 1 is 1.09 bits per heavy atom. The molecule has 0 atom stereocenters. The summed E-state index contributed by atoms with van der Waals surface area (Å²) in [6, 6.07) is 4.00. The molecule has 0 bridgehead atoms. The van der Waals surface area contributed by atoms with Gasteiger partial charge < -0.3 is 10.6 Å². The highest BCUT2D eigenvalue weighted by atomic mass is 79.9. The Balaban J connectivity index is 2.11. The number of rotatable bonds is 4. The van der Waals surface area contributed by atoms with E-state index in [9.17, 15) is 0 Å². The lowest BCUT2D eigenvalue weighted by atomic mass is 10.2. The number of nitrogens with zero attached hydrogens (tertiary/aromatic N) is 4. The second-order valence-corrected chi connectivity index (χ2v) is 8.14. The summed E-state index contributed by atoms with van der Waals surface area (Å²) in [6.07, 6.45) is 5.17. The van der Waals surface area contributed by atoms with Crippen molar-refractivity contribution >= 4 is 57.6 Å². The highest BCUT2D eigenvalue weighted by molar-refractivity contribution is 9.10. The first-order valence-corrected chi connectivity index (χ1v) is 10.0. The summed E-state index contributed by atoms with van der Waals surface area (Å²) in [6.45, 7) is 4.41. The summed E-state index contributed by atoms with van der Waals surface area (Å²) in [5, 5.41) is 7.53. The first kappa shape index (κ1) is 16.0. The molecule has 2 aromatic heterocycles. The number of hydrogen-bond acceptors (Lipinski definition) is 6. The molecule has 0 aliphatic rings. The fourth-order valence-electron chi connectivity index (χ4n) is 2.28. The molecule has 0 spiro atoms. The minimum atomic E-state index is -0.373. The topological polar surface area (TPSA) is 75.6 Å². The predicted octanol–water partition coefficient (Wildman–Crippen LogP) is 3.33. The van der Waals surface area contributed by atoms with Gasteiger partial charge in [0.15, 0.2) is 0 Å². The Morgan fingerprint density at radius 2 is 1.87 bits per heavy atom. The second-order valence-electron chi connectivity index (χ2n) is 5.05. The minimum Gasteiger partial charge on any atom is -0.357 e. The smallest absolute Gasteiger partial charge is 0.224 e. The maximum atomic E-state index is 4.52. The Kier molecular flexibility index (Phi) is 4.68. The quantitative estimate of drug-likeness (QED) is 0.665. The van der Waals surface area contributed by atoms with E-state index in [-0.39, 0.29) is 7.92 Å². The fourth-order valence-corrected chi connectivity index (χ4v) is 3.78. The van der Waals surface area contributed by atoms with Crippen LogP contribution < -0.4 is 15.9 Å². The van der Waals surface area contributed by atoms with Gasteiger partial charge in [0.1, 0.15) is 5.82 Å². The first-order valence-electron chi connectivity index (χ1n) is 6.98. The van der Waals surface area contributed by atoms with Crippen molar-refractivity contribution in [3.63, 3.8) is 0 Å². The van der Waals surface area contributed by atoms with Crippen LogP contribution in [0.5, 0.6) is 0 Å². The average Bonchev–Trinajstić information content (AvgIpc) is 2.56. The van der Waals surface area contributed by atoms with Crippen LogP contribution in [0.2, 0.25) is 0 Å². The molecule has 23 heavy (non-hydrogen) atoms. The van der Waals surface area contributed by atoms with Crippen LogP contribution in [0.25, 0.3) is 11.0 Å². The summed E-state index contributed by atoms with van der Waals surface area (Å²) >= 11 is 3.49. The van der Waals surface area contributed by atoms with Gasteiger partial charge in [-0.3, -0.25) is 9.97 Å². The SMILES string of the molecule is CNc1ncc(Br)c(Nc2ccc3nccnc3c2P(C)C)n1. The largest absolute Gasteiger partial charge is 0.357 e. The zero-order chi connectivity index (χ0) is 16.4. The highest BCUT2D eigenvalue weighted by Crippen LogP contribution is 2.34. The monoisotopic (exact) mass is 390 g/mol. The van der Waals surface area contributed by atoms with Crippen molar-refractivity contribution < 1.29 is 0 Å². The van der Waals surface area contributed by atoms with Crippen molar-refractivity contribution in [1.82, 2.24) is 19.9 Å². The van der Waals surface area contributed by atoms with Crippen LogP contribution in [0.1, 0.15) is 0 Å². The standard InChI is InChI=1S/C15H16BrN6P/c1-17-15-20-8-9(16)14(22-15)21-11-5-4-10-12(13(11)23(2)3)19-7-6-18-10/h4-8H,1-3H3,(H2,17,20,21,22). The minimum absolute atomic E-state index is 0.373. The van der Waals surface area contributed by atoms with E-state index in [0.717, 1.165) is 21.2 Å². The second kappa shape index (κ2) is 6.72. The summed E-state index contributed by atoms with van der Waals surface area (Å²) in [7, 11) is 1.42. The molecule has 0 saturated heterocycles. The van der Waals surface area contributed by atoms with Crippen molar-refractivity contribution in [2.45, 2.75) is 0 Å². The Morgan fingerprint density at radius 3 is 2.61 bits per heavy atom. The molecule has 3 rings (SSSR count). The fraction of sp³-hybridized carbons (Fsp3) is 0.200. The number of hydrogen-bond donors (Lipinski definition) is 2. The van der Waals surface area contributed by atoms with Gasteiger partial charge >= 0.3 is 0 Å². The molecular formula is C15H16BrN6P. The van der Waals surface area contributed by atoms with Crippen molar-refractivity contribution in [2.24, 2.45) is 0 Å². The molecule has 0 aliphatic heterocycles. The lowest BCUT2D eigenvalue weighted by molar-refractivity contribution is 1.14. The van der Waals surface area contributed by atoms with Crippen molar-refractivity contribution in [1.29, 1.82) is 0 Å². The molecule has 0 unspecified atom stereocenters. The van der Waals surface area contributed by atoms with E-state index in [1.54, 1.807) is 25.6 Å². The number of aromatic nitrogens is 4. The zero-order valence-electron chi connectivity index (χ0n) is 13.0. The number of fused-ring (bicyclic) bond motifs is 1. The van der Waals surface area contributed by atoms with E-state index in [1.807, 2.05) is 12.1 Å². The van der Waals surface area contributed by atoms with E-state index in [0.29, 0.717) is 11.8 Å². The third-order valence-corrected chi connectivity index (χ3v) is 5.21. The molecule has 0 saturated carbocycles. The molecule has 2 N–H and O–H groups in total. The lowest BCUT2D eigenvalue weighted by Gasteiger charge is -2.17. The molecule has 0 fully saturated rings. The van der Waals surface area contributed by atoms with E-state index < -0.39 is 0 Å². The van der Waals surface area contributed by atoms with Crippen LogP contribution in [0.4, 0.5) is 17.5 Å². The number of benzene rings is 1. The van der Waals surface area contributed by atoms with Crippen LogP contribution in [-0.4, -0.2) is 40.3 Å². The number of halogens is 1. The predicted molar refractivity (Wildman–Crippen MR) is 101 cm³/mol. The Labute approximate surface area is 144 Å². The van der Waals surface area contributed by atoms with Crippen LogP contribution in [0, 0.1) is 0 Å². The molecule has 1 aromatic carbocycles. The van der Waals surface area contributed by atoms with Crippen LogP contribution in [0.3, 0.4) is 0 Å². The van der Waals surface area contributed by atoms with E-state index in [2.05, 4.69) is 59.8 Å². The third kappa shape index (κ3) is 3.26. The van der Waals surface area contributed by atoms with E-state index in [4.69, 9.17) is 0 Å². The molecule has 118 valence electrons. The van der Waals surface area contributed by atoms with Gasteiger partial charge in [-0.05, 0) is 41.4 Å². The van der Waals surface area contributed by atoms with Gasteiger partial charge in [-0.15, -0.1) is 0 Å². The van der Waals surface area contributed by atoms with Crippen LogP contribution in [-0.2, 0) is 0 Å². The van der Waals surface area contributed by atoms with E-state index >= 15 is 0 Å². The first-order chi connectivity index (χ1) is 11.1. The summed E-state index contributed by atoms with van der Waals surface area (Å²) in [4.78, 5) is 17.5. The van der Waals surface area contributed by atoms with Gasteiger partial charge in [0, 0.05) is 36.6 Å². The van der Waals surface area contributed by atoms with Crippen molar-refractivity contribution in [3.05, 3.63) is 35.2 Å². The molecule has 2 heterocycles. The Hall–Kier alpha value is -1.85. The molecule has 3 aromatic rings. The van der Waals surface area contributed by atoms with Crippen molar-refractivity contribution in [3.8, 4) is 0 Å². The van der Waals surface area contributed by atoms with Crippen LogP contribution >= 0.6 is 23.9 Å². The van der Waals surface area contributed by atoms with Crippen molar-refractivity contribution in [2.75, 3.05) is 31.0 Å². The van der Waals surface area contributed by atoms with E-state index in [1.165, 1.54) is 5.30 Å². The van der Waals surface area contributed by atoms with Gasteiger partial charge in [0.05, 0.1) is 15.5 Å².